The molecule has 0 aromatic rings. The number of rotatable bonds is 5. The molecule has 0 unspecified atom stereocenters. The molecule has 2 heteroatoms. The van der Waals surface area contributed by atoms with Gasteiger partial charge in [-0.3, -0.25) is 0 Å². The molecular formula is C19H38N2. The number of nitrogens with zero attached hydrogens (tertiary/aromatic N) is 1. The Balaban J connectivity index is 1.52. The van der Waals surface area contributed by atoms with Crippen LogP contribution >= 0.6 is 0 Å². The zero-order chi connectivity index (χ0) is 15.3. The number of likely N-dealkylation sites (tertiary alicyclic amines) is 1. The van der Waals surface area contributed by atoms with Gasteiger partial charge in [-0.1, -0.05) is 27.7 Å². The van der Waals surface area contributed by atoms with E-state index >= 15 is 0 Å². The molecule has 0 bridgehead atoms. The van der Waals surface area contributed by atoms with E-state index in [4.69, 9.17) is 0 Å². The van der Waals surface area contributed by atoms with Crippen LogP contribution in [0.4, 0.5) is 0 Å². The summed E-state index contributed by atoms with van der Waals surface area (Å²) in [6.07, 6.45) is 9.77. The molecule has 2 fully saturated rings. The molecule has 0 atom stereocenters. The van der Waals surface area contributed by atoms with Crippen molar-refractivity contribution in [2.75, 3.05) is 26.2 Å². The van der Waals surface area contributed by atoms with Gasteiger partial charge in [0.25, 0.3) is 0 Å². The van der Waals surface area contributed by atoms with E-state index < -0.39 is 0 Å². The highest BCUT2D eigenvalue weighted by molar-refractivity contribution is 4.83. The fraction of sp³-hybridized carbons (Fsp3) is 1.00. The minimum absolute atomic E-state index is 0.510. The van der Waals surface area contributed by atoms with E-state index in [0.717, 1.165) is 17.9 Å². The number of piperidine rings is 1. The molecule has 1 N–H and O–H groups in total. The van der Waals surface area contributed by atoms with Crippen LogP contribution in [0.15, 0.2) is 0 Å². The Morgan fingerprint density at radius 3 is 2.14 bits per heavy atom. The minimum atomic E-state index is 0.510. The van der Waals surface area contributed by atoms with Crippen LogP contribution in [0.3, 0.4) is 0 Å². The minimum Gasteiger partial charge on any atom is -0.314 e. The highest BCUT2D eigenvalue weighted by atomic mass is 15.1. The average molecular weight is 295 g/mol. The van der Waals surface area contributed by atoms with Crippen molar-refractivity contribution in [1.82, 2.24) is 10.2 Å². The van der Waals surface area contributed by atoms with Crippen molar-refractivity contribution in [3.63, 3.8) is 0 Å². The van der Waals surface area contributed by atoms with Crippen LogP contribution in [0.5, 0.6) is 0 Å². The molecule has 1 saturated carbocycles. The standard InChI is InChI=1S/C19H38N2/c1-16-10-14-21(15-11-16)13-5-12-20-18-8-6-17(7-9-18)19(2,3)4/h16-18,20H,5-15H2,1-4H3. The second-order valence-corrected chi connectivity index (χ2v) is 8.75. The monoisotopic (exact) mass is 294 g/mol. The molecule has 0 amide bonds. The Bertz CT molecular complexity index is 278. The average Bonchev–Trinajstić information content (AvgIpc) is 2.45. The fourth-order valence-corrected chi connectivity index (χ4v) is 4.06. The first-order valence-corrected chi connectivity index (χ1v) is 9.41. The van der Waals surface area contributed by atoms with Crippen molar-refractivity contribution >= 4 is 0 Å². The van der Waals surface area contributed by atoms with Gasteiger partial charge in [0, 0.05) is 6.04 Å². The van der Waals surface area contributed by atoms with Gasteiger partial charge in [-0.15, -0.1) is 0 Å². The lowest BCUT2D eigenvalue weighted by Gasteiger charge is -2.37. The Morgan fingerprint density at radius 2 is 1.57 bits per heavy atom. The summed E-state index contributed by atoms with van der Waals surface area (Å²) in [6, 6.07) is 0.796. The molecule has 2 aliphatic rings. The van der Waals surface area contributed by atoms with Gasteiger partial charge >= 0.3 is 0 Å². The first kappa shape index (κ1) is 17.3. The molecule has 0 spiro atoms. The maximum absolute atomic E-state index is 3.82. The summed E-state index contributed by atoms with van der Waals surface area (Å²) >= 11 is 0. The molecule has 1 heterocycles. The van der Waals surface area contributed by atoms with Gasteiger partial charge in [-0.2, -0.15) is 0 Å². The van der Waals surface area contributed by atoms with Gasteiger partial charge < -0.3 is 10.2 Å². The first-order valence-electron chi connectivity index (χ1n) is 9.41. The molecule has 1 aliphatic carbocycles. The maximum Gasteiger partial charge on any atom is 0.00672 e. The van der Waals surface area contributed by atoms with Crippen molar-refractivity contribution < 1.29 is 0 Å². The maximum atomic E-state index is 3.82. The van der Waals surface area contributed by atoms with Crippen molar-refractivity contribution in [1.29, 1.82) is 0 Å². The summed E-state index contributed by atoms with van der Waals surface area (Å²) < 4.78 is 0. The van der Waals surface area contributed by atoms with Crippen LogP contribution in [-0.4, -0.2) is 37.1 Å². The second kappa shape index (κ2) is 7.97. The fourth-order valence-electron chi connectivity index (χ4n) is 4.06. The van der Waals surface area contributed by atoms with Gasteiger partial charge in [0.2, 0.25) is 0 Å². The van der Waals surface area contributed by atoms with E-state index in [2.05, 4.69) is 37.9 Å². The van der Waals surface area contributed by atoms with Crippen molar-refractivity contribution in [2.24, 2.45) is 17.3 Å². The molecule has 0 radical (unpaired) electrons. The summed E-state index contributed by atoms with van der Waals surface area (Å²) in [5, 5.41) is 3.82. The molecule has 2 nitrogen and oxygen atoms in total. The predicted octanol–water partition coefficient (Wildman–Crippen LogP) is 4.30. The Kier molecular flexibility index (Phi) is 6.55. The SMILES string of the molecule is CC1CCN(CCCNC2CCC(C(C)(C)C)CC2)CC1. The highest BCUT2D eigenvalue weighted by Crippen LogP contribution is 2.37. The summed E-state index contributed by atoms with van der Waals surface area (Å²) in [5.74, 6) is 1.89. The molecule has 0 aromatic carbocycles. The zero-order valence-electron chi connectivity index (χ0n) is 15.0. The normalized spacial score (nSPS) is 29.7. The van der Waals surface area contributed by atoms with Crippen LogP contribution in [0.25, 0.3) is 0 Å². The number of hydrogen-bond donors (Lipinski definition) is 1. The van der Waals surface area contributed by atoms with Gasteiger partial charge in [0.05, 0.1) is 0 Å². The third kappa shape index (κ3) is 5.90. The van der Waals surface area contributed by atoms with E-state index in [-0.39, 0.29) is 0 Å². The molecule has 0 aromatic heterocycles. The van der Waals surface area contributed by atoms with E-state index in [9.17, 15) is 0 Å². The molecular weight excluding hydrogens is 256 g/mol. The van der Waals surface area contributed by atoms with Gasteiger partial charge in [-0.05, 0) is 88.4 Å². The first-order chi connectivity index (χ1) is 9.95. The van der Waals surface area contributed by atoms with Crippen molar-refractivity contribution in [3.8, 4) is 0 Å². The van der Waals surface area contributed by atoms with Crippen LogP contribution in [0.2, 0.25) is 0 Å². The predicted molar refractivity (Wildman–Crippen MR) is 92.7 cm³/mol. The summed E-state index contributed by atoms with van der Waals surface area (Å²) in [6.45, 7) is 14.8. The van der Waals surface area contributed by atoms with E-state index in [1.165, 1.54) is 71.1 Å². The van der Waals surface area contributed by atoms with Gasteiger partial charge in [0.15, 0.2) is 0 Å². The largest absolute Gasteiger partial charge is 0.314 e. The molecule has 1 aliphatic heterocycles. The third-order valence-corrected chi connectivity index (χ3v) is 5.91. The lowest BCUT2D eigenvalue weighted by atomic mass is 9.71. The van der Waals surface area contributed by atoms with Crippen molar-refractivity contribution in [3.05, 3.63) is 0 Å². The topological polar surface area (TPSA) is 15.3 Å². The second-order valence-electron chi connectivity index (χ2n) is 8.75. The van der Waals surface area contributed by atoms with Crippen LogP contribution < -0.4 is 5.32 Å². The highest BCUT2D eigenvalue weighted by Gasteiger charge is 2.29. The van der Waals surface area contributed by atoms with Crippen LogP contribution in [0, 0.1) is 17.3 Å². The van der Waals surface area contributed by atoms with Crippen LogP contribution in [0.1, 0.15) is 72.6 Å². The molecule has 124 valence electrons. The Morgan fingerprint density at radius 1 is 0.952 bits per heavy atom. The summed E-state index contributed by atoms with van der Waals surface area (Å²) in [4.78, 5) is 2.66. The van der Waals surface area contributed by atoms with Gasteiger partial charge in [-0.25, -0.2) is 0 Å². The smallest absolute Gasteiger partial charge is 0.00672 e. The zero-order valence-corrected chi connectivity index (χ0v) is 15.0. The molecule has 21 heavy (non-hydrogen) atoms. The van der Waals surface area contributed by atoms with Crippen LogP contribution in [-0.2, 0) is 0 Å². The Labute approximate surface area is 133 Å². The molecule has 2 rings (SSSR count). The lowest BCUT2D eigenvalue weighted by molar-refractivity contribution is 0.158. The number of hydrogen-bond acceptors (Lipinski definition) is 2. The molecule has 1 saturated heterocycles. The van der Waals surface area contributed by atoms with Crippen molar-refractivity contribution in [2.45, 2.75) is 78.7 Å². The van der Waals surface area contributed by atoms with E-state index in [1.807, 2.05) is 0 Å². The lowest BCUT2D eigenvalue weighted by Crippen LogP contribution is -2.38. The number of nitrogens with one attached hydrogen (secondary N) is 1. The van der Waals surface area contributed by atoms with E-state index in [0.29, 0.717) is 5.41 Å². The van der Waals surface area contributed by atoms with Gasteiger partial charge in [0.1, 0.15) is 0 Å². The quantitative estimate of drug-likeness (QED) is 0.760. The third-order valence-electron chi connectivity index (χ3n) is 5.91. The summed E-state index contributed by atoms with van der Waals surface area (Å²) in [7, 11) is 0. The Hall–Kier alpha value is -0.0800. The van der Waals surface area contributed by atoms with E-state index in [1.54, 1.807) is 0 Å². The summed E-state index contributed by atoms with van der Waals surface area (Å²) in [5.41, 5.74) is 0.510.